The first-order chi connectivity index (χ1) is 8.84. The molecule has 102 valence electrons. The molecule has 0 saturated heterocycles. The number of methoxy groups -OCH3 is 1. The van der Waals surface area contributed by atoms with Gasteiger partial charge in [-0.05, 0) is 12.1 Å². The third-order valence-electron chi connectivity index (χ3n) is 2.59. The smallest absolute Gasteiger partial charge is 0.255 e. The number of hydrogen-bond acceptors (Lipinski definition) is 4. The molecule has 0 aliphatic carbocycles. The molecule has 0 atom stereocenters. The lowest BCUT2D eigenvalue weighted by Gasteiger charge is -2.04. The van der Waals surface area contributed by atoms with Crippen molar-refractivity contribution in [3.05, 3.63) is 30.1 Å². The Morgan fingerprint density at radius 1 is 1.42 bits per heavy atom. The molecular formula is C11H12FN3O3S. The summed E-state index contributed by atoms with van der Waals surface area (Å²) in [5.41, 5.74) is 0.313. The van der Waals surface area contributed by atoms with Crippen LogP contribution in [0, 0.1) is 5.82 Å². The molecule has 0 aliphatic rings. The molecule has 2 rings (SSSR count). The van der Waals surface area contributed by atoms with E-state index in [9.17, 15) is 12.8 Å². The van der Waals surface area contributed by atoms with Gasteiger partial charge in [-0.3, -0.25) is 4.68 Å². The number of rotatable bonds is 3. The minimum Gasteiger partial charge on any atom is -0.494 e. The lowest BCUT2D eigenvalue weighted by atomic mass is 10.1. The van der Waals surface area contributed by atoms with E-state index in [4.69, 9.17) is 9.88 Å². The Balaban J connectivity index is 2.61. The predicted octanol–water partition coefficient (Wildman–Crippen LogP) is 0.882. The van der Waals surface area contributed by atoms with Crippen molar-refractivity contribution in [1.29, 1.82) is 0 Å². The summed E-state index contributed by atoms with van der Waals surface area (Å²) in [4.78, 5) is 0. The molecule has 0 bridgehead atoms. The quantitative estimate of drug-likeness (QED) is 0.907. The molecule has 0 aliphatic heterocycles. The van der Waals surface area contributed by atoms with Crippen molar-refractivity contribution >= 4 is 10.0 Å². The van der Waals surface area contributed by atoms with Gasteiger partial charge in [-0.1, -0.05) is 6.07 Å². The van der Waals surface area contributed by atoms with E-state index in [0.29, 0.717) is 0 Å². The molecule has 1 aromatic carbocycles. The number of nitrogens with zero attached hydrogens (tertiary/aromatic N) is 2. The fourth-order valence-corrected chi connectivity index (χ4v) is 2.40. The van der Waals surface area contributed by atoms with Crippen LogP contribution in [0.1, 0.15) is 0 Å². The highest BCUT2D eigenvalue weighted by Crippen LogP contribution is 2.28. The third-order valence-corrected chi connectivity index (χ3v) is 3.55. The van der Waals surface area contributed by atoms with Gasteiger partial charge in [-0.25, -0.2) is 17.9 Å². The molecule has 1 aromatic heterocycles. The SMILES string of the molecule is COc1cccc(-c2cc(S(N)(=O)=O)n(C)n2)c1F. The number of primary sulfonamides is 1. The number of hydrogen-bond donors (Lipinski definition) is 1. The van der Waals surface area contributed by atoms with E-state index < -0.39 is 15.8 Å². The van der Waals surface area contributed by atoms with Gasteiger partial charge in [0.25, 0.3) is 10.0 Å². The summed E-state index contributed by atoms with van der Waals surface area (Å²) in [7, 11) is -1.14. The molecular weight excluding hydrogens is 273 g/mol. The number of sulfonamides is 1. The first kappa shape index (κ1) is 13.5. The fourth-order valence-electron chi connectivity index (χ4n) is 1.71. The Kier molecular flexibility index (Phi) is 3.29. The Labute approximate surface area is 109 Å². The maximum absolute atomic E-state index is 14.0. The van der Waals surface area contributed by atoms with Crippen molar-refractivity contribution in [2.45, 2.75) is 5.03 Å². The van der Waals surface area contributed by atoms with Crippen LogP contribution in [0.3, 0.4) is 0 Å². The van der Waals surface area contributed by atoms with Gasteiger partial charge in [0.1, 0.15) is 0 Å². The van der Waals surface area contributed by atoms with Crippen molar-refractivity contribution in [3.8, 4) is 17.0 Å². The Morgan fingerprint density at radius 2 is 2.11 bits per heavy atom. The highest BCUT2D eigenvalue weighted by Gasteiger charge is 2.19. The lowest BCUT2D eigenvalue weighted by Crippen LogP contribution is -2.16. The molecule has 2 aromatic rings. The average Bonchev–Trinajstić information content (AvgIpc) is 2.71. The van der Waals surface area contributed by atoms with Gasteiger partial charge in [0.2, 0.25) is 0 Å². The molecule has 1 heterocycles. The summed E-state index contributed by atoms with van der Waals surface area (Å²) in [6.07, 6.45) is 0. The number of benzene rings is 1. The summed E-state index contributed by atoms with van der Waals surface area (Å²) < 4.78 is 42.6. The highest BCUT2D eigenvalue weighted by atomic mass is 32.2. The summed E-state index contributed by atoms with van der Waals surface area (Å²) in [5.74, 6) is -0.552. The largest absolute Gasteiger partial charge is 0.494 e. The zero-order valence-corrected chi connectivity index (χ0v) is 11.1. The van der Waals surface area contributed by atoms with Crippen LogP contribution in [0.25, 0.3) is 11.3 Å². The lowest BCUT2D eigenvalue weighted by molar-refractivity contribution is 0.387. The van der Waals surface area contributed by atoms with E-state index in [1.54, 1.807) is 6.07 Å². The molecule has 0 unspecified atom stereocenters. The first-order valence-corrected chi connectivity index (χ1v) is 6.79. The van der Waals surface area contributed by atoms with Crippen molar-refractivity contribution in [3.63, 3.8) is 0 Å². The van der Waals surface area contributed by atoms with Crippen LogP contribution in [0.2, 0.25) is 0 Å². The standard InChI is InChI=1S/C11H12FN3O3S/c1-15-10(19(13,16)17)6-8(14-15)7-4-3-5-9(18-2)11(7)12/h3-6H,1-2H3,(H2,13,16,17). The van der Waals surface area contributed by atoms with Gasteiger partial charge in [-0.15, -0.1) is 0 Å². The minimum atomic E-state index is -3.90. The zero-order chi connectivity index (χ0) is 14.2. The predicted molar refractivity (Wildman–Crippen MR) is 66.5 cm³/mol. The van der Waals surface area contributed by atoms with E-state index in [1.165, 1.54) is 32.4 Å². The summed E-state index contributed by atoms with van der Waals surface area (Å²) >= 11 is 0. The van der Waals surface area contributed by atoms with Crippen molar-refractivity contribution < 1.29 is 17.5 Å². The normalized spacial score (nSPS) is 11.6. The second-order valence-electron chi connectivity index (χ2n) is 3.86. The number of ether oxygens (including phenoxy) is 1. The van der Waals surface area contributed by atoms with Crippen LogP contribution in [-0.2, 0) is 17.1 Å². The van der Waals surface area contributed by atoms with Crippen LogP contribution in [0.4, 0.5) is 4.39 Å². The second kappa shape index (κ2) is 4.63. The highest BCUT2D eigenvalue weighted by molar-refractivity contribution is 7.89. The second-order valence-corrected chi connectivity index (χ2v) is 5.37. The van der Waals surface area contributed by atoms with Crippen molar-refractivity contribution in [1.82, 2.24) is 9.78 Å². The van der Waals surface area contributed by atoms with Crippen LogP contribution >= 0.6 is 0 Å². The number of nitrogens with two attached hydrogens (primary N) is 1. The van der Waals surface area contributed by atoms with Crippen LogP contribution < -0.4 is 9.88 Å². The zero-order valence-electron chi connectivity index (χ0n) is 10.3. The van der Waals surface area contributed by atoms with Crippen LogP contribution in [0.15, 0.2) is 29.3 Å². The van der Waals surface area contributed by atoms with Gasteiger partial charge in [0, 0.05) is 18.7 Å². The van der Waals surface area contributed by atoms with E-state index in [2.05, 4.69) is 5.10 Å². The molecule has 0 fully saturated rings. The van der Waals surface area contributed by atoms with Gasteiger partial charge >= 0.3 is 0 Å². The van der Waals surface area contributed by atoms with E-state index in [0.717, 1.165) is 4.68 Å². The van der Waals surface area contributed by atoms with Crippen LogP contribution in [-0.4, -0.2) is 25.3 Å². The first-order valence-electron chi connectivity index (χ1n) is 5.24. The summed E-state index contributed by atoms with van der Waals surface area (Å²) in [6, 6.07) is 5.74. The topological polar surface area (TPSA) is 87.2 Å². The van der Waals surface area contributed by atoms with Crippen LogP contribution in [0.5, 0.6) is 5.75 Å². The summed E-state index contributed by atoms with van der Waals surface area (Å²) in [5, 5.41) is 8.79. The van der Waals surface area contributed by atoms with E-state index in [1.807, 2.05) is 0 Å². The van der Waals surface area contributed by atoms with Crippen molar-refractivity contribution in [2.24, 2.45) is 12.2 Å². The fraction of sp³-hybridized carbons (Fsp3) is 0.182. The molecule has 2 N–H and O–H groups in total. The summed E-state index contributed by atoms with van der Waals surface area (Å²) in [6.45, 7) is 0. The maximum atomic E-state index is 14.0. The van der Waals surface area contributed by atoms with Gasteiger partial charge < -0.3 is 4.74 Å². The monoisotopic (exact) mass is 285 g/mol. The Morgan fingerprint density at radius 3 is 2.63 bits per heavy atom. The molecule has 6 nitrogen and oxygen atoms in total. The average molecular weight is 285 g/mol. The minimum absolute atomic E-state index is 0.0558. The third kappa shape index (κ3) is 2.45. The molecule has 19 heavy (non-hydrogen) atoms. The molecule has 0 radical (unpaired) electrons. The molecule has 0 amide bonds. The number of aromatic nitrogens is 2. The van der Waals surface area contributed by atoms with Crippen molar-refractivity contribution in [2.75, 3.05) is 7.11 Å². The molecule has 0 saturated carbocycles. The number of aryl methyl sites for hydroxylation is 1. The van der Waals surface area contributed by atoms with Gasteiger partial charge in [0.15, 0.2) is 16.6 Å². The van der Waals surface area contributed by atoms with E-state index >= 15 is 0 Å². The Hall–Kier alpha value is -1.93. The molecule has 8 heteroatoms. The van der Waals surface area contributed by atoms with E-state index in [-0.39, 0.29) is 22.0 Å². The van der Waals surface area contributed by atoms with Gasteiger partial charge in [0.05, 0.1) is 12.8 Å². The molecule has 0 spiro atoms. The Bertz CT molecular complexity index is 725. The van der Waals surface area contributed by atoms with Gasteiger partial charge in [-0.2, -0.15) is 5.10 Å². The number of halogens is 1. The maximum Gasteiger partial charge on any atom is 0.255 e.